The van der Waals surface area contributed by atoms with Gasteiger partial charge < -0.3 is 9.64 Å². The van der Waals surface area contributed by atoms with Crippen molar-refractivity contribution in [3.63, 3.8) is 0 Å². The first kappa shape index (κ1) is 21.1. The van der Waals surface area contributed by atoms with Crippen molar-refractivity contribution in [2.75, 3.05) is 6.61 Å². The van der Waals surface area contributed by atoms with Gasteiger partial charge in [-0.15, -0.1) is 0 Å². The second-order valence-electron chi connectivity index (χ2n) is 6.82. The molecule has 2 aromatic rings. The summed E-state index contributed by atoms with van der Waals surface area (Å²) in [7, 11) is 0. The van der Waals surface area contributed by atoms with Crippen molar-refractivity contribution < 1.29 is 18.7 Å². The van der Waals surface area contributed by atoms with Crippen LogP contribution in [-0.4, -0.2) is 23.4 Å². The van der Waals surface area contributed by atoms with Crippen LogP contribution in [0, 0.1) is 5.82 Å². The Labute approximate surface area is 174 Å². The lowest BCUT2D eigenvalue weighted by molar-refractivity contribution is -0.140. The SMILES string of the molecule is CCOC(=O)C1=C(CC)N(Cc2ccc(F)cc2)C(=O)C[C@@H]1c1ccccc1Cl. The summed E-state index contributed by atoms with van der Waals surface area (Å²) in [5.41, 5.74) is 2.60. The van der Waals surface area contributed by atoms with Gasteiger partial charge in [-0.3, -0.25) is 4.79 Å². The number of hydrogen-bond acceptors (Lipinski definition) is 3. The molecule has 0 fully saturated rings. The molecule has 0 N–H and O–H groups in total. The average molecular weight is 416 g/mol. The number of hydrogen-bond donors (Lipinski definition) is 0. The Hall–Kier alpha value is -2.66. The maximum absolute atomic E-state index is 13.3. The standard InChI is InChI=1S/C23H23ClFNO3/c1-3-20-22(23(28)29-4-2)18(17-7-5-6-8-19(17)24)13-21(27)26(20)14-15-9-11-16(25)12-10-15/h5-12,18H,3-4,13-14H2,1-2H3/t18-/m1/s1. The minimum atomic E-state index is -0.463. The van der Waals surface area contributed by atoms with Gasteiger partial charge in [0, 0.05) is 23.1 Å². The van der Waals surface area contributed by atoms with Gasteiger partial charge in [0.25, 0.3) is 0 Å². The van der Waals surface area contributed by atoms with E-state index >= 15 is 0 Å². The van der Waals surface area contributed by atoms with E-state index in [1.807, 2.05) is 25.1 Å². The molecule has 4 nitrogen and oxygen atoms in total. The third-order valence-corrected chi connectivity index (χ3v) is 5.37. The van der Waals surface area contributed by atoms with E-state index in [0.717, 1.165) is 11.1 Å². The van der Waals surface area contributed by atoms with Crippen molar-refractivity contribution in [3.8, 4) is 0 Å². The molecule has 0 unspecified atom stereocenters. The number of benzene rings is 2. The molecule has 0 radical (unpaired) electrons. The molecule has 152 valence electrons. The number of halogens is 2. The lowest BCUT2D eigenvalue weighted by Crippen LogP contribution is -2.39. The van der Waals surface area contributed by atoms with Crippen LogP contribution in [0.15, 0.2) is 59.8 Å². The molecule has 0 spiro atoms. The van der Waals surface area contributed by atoms with Crippen molar-refractivity contribution in [1.29, 1.82) is 0 Å². The van der Waals surface area contributed by atoms with E-state index in [-0.39, 0.29) is 31.3 Å². The van der Waals surface area contributed by atoms with Gasteiger partial charge in [0.15, 0.2) is 0 Å². The number of carbonyl (C=O) groups excluding carboxylic acids is 2. The van der Waals surface area contributed by atoms with Crippen LogP contribution in [0.3, 0.4) is 0 Å². The van der Waals surface area contributed by atoms with Gasteiger partial charge in [-0.25, -0.2) is 9.18 Å². The minimum absolute atomic E-state index is 0.107. The summed E-state index contributed by atoms with van der Waals surface area (Å²) in [6.07, 6.45) is 0.588. The topological polar surface area (TPSA) is 46.6 Å². The lowest BCUT2D eigenvalue weighted by Gasteiger charge is -2.36. The third-order valence-electron chi connectivity index (χ3n) is 5.03. The van der Waals surface area contributed by atoms with Crippen LogP contribution in [0.2, 0.25) is 5.02 Å². The molecule has 1 aliphatic rings. The van der Waals surface area contributed by atoms with Crippen LogP contribution in [-0.2, 0) is 20.9 Å². The Morgan fingerprint density at radius 1 is 1.17 bits per heavy atom. The Kier molecular flexibility index (Phi) is 6.70. The van der Waals surface area contributed by atoms with Gasteiger partial charge in [-0.1, -0.05) is 48.9 Å². The molecule has 2 aromatic carbocycles. The van der Waals surface area contributed by atoms with E-state index in [9.17, 15) is 14.0 Å². The number of amides is 1. The molecule has 3 rings (SSSR count). The monoisotopic (exact) mass is 415 g/mol. The van der Waals surface area contributed by atoms with Crippen LogP contribution >= 0.6 is 11.6 Å². The zero-order chi connectivity index (χ0) is 21.0. The molecule has 1 atom stereocenters. The van der Waals surface area contributed by atoms with Crippen LogP contribution in [0.25, 0.3) is 0 Å². The van der Waals surface area contributed by atoms with Gasteiger partial charge in [0.05, 0.1) is 18.7 Å². The molecule has 29 heavy (non-hydrogen) atoms. The quantitative estimate of drug-likeness (QED) is 0.607. The molecule has 0 saturated carbocycles. The van der Waals surface area contributed by atoms with E-state index in [1.165, 1.54) is 12.1 Å². The van der Waals surface area contributed by atoms with Crippen LogP contribution in [0.1, 0.15) is 43.7 Å². The largest absolute Gasteiger partial charge is 0.463 e. The highest BCUT2D eigenvalue weighted by Gasteiger charge is 2.38. The fourth-order valence-electron chi connectivity index (χ4n) is 3.71. The van der Waals surface area contributed by atoms with Crippen molar-refractivity contribution in [3.05, 3.63) is 81.8 Å². The Morgan fingerprint density at radius 3 is 2.48 bits per heavy atom. The summed E-state index contributed by atoms with van der Waals surface area (Å²) in [5.74, 6) is -1.35. The predicted molar refractivity (Wildman–Crippen MR) is 110 cm³/mol. The van der Waals surface area contributed by atoms with E-state index < -0.39 is 11.9 Å². The number of rotatable bonds is 6. The Bertz CT molecular complexity index is 939. The van der Waals surface area contributed by atoms with Crippen molar-refractivity contribution in [1.82, 2.24) is 4.90 Å². The normalized spacial score (nSPS) is 16.9. The molecule has 0 bridgehead atoms. The van der Waals surface area contributed by atoms with Gasteiger partial charge >= 0.3 is 5.97 Å². The zero-order valence-corrected chi connectivity index (χ0v) is 17.2. The fraction of sp³-hybridized carbons (Fsp3) is 0.304. The average Bonchev–Trinajstić information content (AvgIpc) is 2.71. The van der Waals surface area contributed by atoms with Gasteiger partial charge in [-0.2, -0.15) is 0 Å². The van der Waals surface area contributed by atoms with Crippen molar-refractivity contribution >= 4 is 23.5 Å². The molecular weight excluding hydrogens is 393 g/mol. The molecule has 1 amide bonds. The summed E-state index contributed by atoms with van der Waals surface area (Å²) < 4.78 is 18.6. The second-order valence-corrected chi connectivity index (χ2v) is 7.23. The minimum Gasteiger partial charge on any atom is -0.463 e. The molecule has 0 aromatic heterocycles. The lowest BCUT2D eigenvalue weighted by atomic mass is 9.82. The first-order valence-electron chi connectivity index (χ1n) is 9.65. The zero-order valence-electron chi connectivity index (χ0n) is 16.5. The highest BCUT2D eigenvalue weighted by atomic mass is 35.5. The third kappa shape index (κ3) is 4.51. The summed E-state index contributed by atoms with van der Waals surface area (Å²) >= 11 is 6.39. The number of nitrogens with zero attached hydrogens (tertiary/aromatic N) is 1. The first-order valence-corrected chi connectivity index (χ1v) is 10.0. The van der Waals surface area contributed by atoms with E-state index in [4.69, 9.17) is 16.3 Å². The molecule has 6 heteroatoms. The maximum atomic E-state index is 13.3. The summed E-state index contributed by atoms with van der Waals surface area (Å²) in [4.78, 5) is 27.6. The Balaban J connectivity index is 2.09. The highest BCUT2D eigenvalue weighted by Crippen LogP contribution is 2.41. The van der Waals surface area contributed by atoms with E-state index in [2.05, 4.69) is 0 Å². The van der Waals surface area contributed by atoms with Crippen molar-refractivity contribution in [2.24, 2.45) is 0 Å². The number of allylic oxidation sites excluding steroid dienone is 1. The summed E-state index contributed by atoms with van der Waals surface area (Å²) in [6, 6.07) is 13.2. The summed E-state index contributed by atoms with van der Waals surface area (Å²) in [6.45, 7) is 4.15. The van der Waals surface area contributed by atoms with Gasteiger partial charge in [-0.05, 0) is 42.7 Å². The highest BCUT2D eigenvalue weighted by molar-refractivity contribution is 6.31. The van der Waals surface area contributed by atoms with E-state index in [0.29, 0.717) is 22.7 Å². The van der Waals surface area contributed by atoms with Crippen molar-refractivity contribution in [2.45, 2.75) is 39.2 Å². The molecule has 1 aliphatic heterocycles. The number of ether oxygens (including phenoxy) is 1. The number of esters is 1. The maximum Gasteiger partial charge on any atom is 0.336 e. The predicted octanol–water partition coefficient (Wildman–Crippen LogP) is 5.22. The van der Waals surface area contributed by atoms with Crippen LogP contribution < -0.4 is 0 Å². The molecule has 1 heterocycles. The Morgan fingerprint density at radius 2 is 1.86 bits per heavy atom. The van der Waals surface area contributed by atoms with Crippen LogP contribution in [0.5, 0.6) is 0 Å². The first-order chi connectivity index (χ1) is 14.0. The van der Waals surface area contributed by atoms with E-state index in [1.54, 1.807) is 30.0 Å². The summed E-state index contributed by atoms with van der Waals surface area (Å²) in [5, 5.41) is 0.509. The van der Waals surface area contributed by atoms with Gasteiger partial charge in [0.1, 0.15) is 5.82 Å². The van der Waals surface area contributed by atoms with Gasteiger partial charge in [0.2, 0.25) is 5.91 Å². The van der Waals surface area contributed by atoms with Crippen LogP contribution in [0.4, 0.5) is 4.39 Å². The fourth-order valence-corrected chi connectivity index (χ4v) is 3.98. The number of carbonyl (C=O) groups is 2. The molecule has 0 aliphatic carbocycles. The second kappa shape index (κ2) is 9.23. The smallest absolute Gasteiger partial charge is 0.336 e. The molecular formula is C23H23ClFNO3. The molecule has 0 saturated heterocycles.